The van der Waals surface area contributed by atoms with Gasteiger partial charge in [-0.25, -0.2) is 0 Å². The maximum absolute atomic E-state index is 10.6. The van der Waals surface area contributed by atoms with Crippen LogP contribution in [-0.4, -0.2) is 16.2 Å². The third-order valence-electron chi connectivity index (χ3n) is 2.44. The molecule has 0 bridgehead atoms. The summed E-state index contributed by atoms with van der Waals surface area (Å²) in [5, 5.41) is 18.3. The van der Waals surface area contributed by atoms with Crippen molar-refractivity contribution in [2.75, 3.05) is 0 Å². The lowest BCUT2D eigenvalue weighted by Crippen LogP contribution is -1.99. The highest BCUT2D eigenvalue weighted by molar-refractivity contribution is 5.73. The van der Waals surface area contributed by atoms with Gasteiger partial charge in [-0.1, -0.05) is 36.4 Å². The predicted octanol–water partition coefficient (Wildman–Crippen LogP) is 2.69. The van der Waals surface area contributed by atoms with Crippen molar-refractivity contribution in [3.05, 3.63) is 54.1 Å². The van der Waals surface area contributed by atoms with Crippen LogP contribution in [0.4, 0.5) is 0 Å². The molecule has 0 saturated heterocycles. The molecule has 0 aliphatic heterocycles. The monoisotopic (exact) mass is 228 g/mol. The van der Waals surface area contributed by atoms with E-state index in [-0.39, 0.29) is 12.2 Å². The smallest absolute Gasteiger partial charge is 0.307 e. The average molecular weight is 228 g/mol. The van der Waals surface area contributed by atoms with Crippen LogP contribution in [0, 0.1) is 0 Å². The molecule has 86 valence electrons. The van der Waals surface area contributed by atoms with Crippen molar-refractivity contribution < 1.29 is 15.0 Å². The second-order valence-electron chi connectivity index (χ2n) is 3.82. The van der Waals surface area contributed by atoms with E-state index in [2.05, 4.69) is 0 Å². The first-order valence-corrected chi connectivity index (χ1v) is 5.25. The van der Waals surface area contributed by atoms with Crippen molar-refractivity contribution in [3.8, 4) is 16.9 Å². The Morgan fingerprint density at radius 3 is 2.35 bits per heavy atom. The Labute approximate surface area is 99.0 Å². The molecule has 2 rings (SSSR count). The number of carboxylic acid groups (broad SMARTS) is 1. The van der Waals surface area contributed by atoms with Crippen LogP contribution in [0.3, 0.4) is 0 Å². The highest BCUT2D eigenvalue weighted by Gasteiger charge is 2.05. The fourth-order valence-corrected chi connectivity index (χ4v) is 1.75. The molecule has 2 aromatic carbocycles. The summed E-state index contributed by atoms with van der Waals surface area (Å²) >= 11 is 0. The number of carbonyl (C=O) groups is 1. The number of phenols is 1. The van der Waals surface area contributed by atoms with Crippen molar-refractivity contribution in [1.82, 2.24) is 0 Å². The molecule has 0 saturated carbocycles. The number of benzene rings is 2. The van der Waals surface area contributed by atoms with Gasteiger partial charge in [-0.2, -0.15) is 0 Å². The van der Waals surface area contributed by atoms with E-state index in [1.807, 2.05) is 30.3 Å². The van der Waals surface area contributed by atoms with Gasteiger partial charge >= 0.3 is 5.97 Å². The molecular formula is C14H12O3. The van der Waals surface area contributed by atoms with Gasteiger partial charge in [0.05, 0.1) is 6.42 Å². The molecule has 3 heteroatoms. The molecule has 0 aliphatic rings. The lowest BCUT2D eigenvalue weighted by Gasteiger charge is -2.05. The fraction of sp³-hybridized carbons (Fsp3) is 0.0714. The van der Waals surface area contributed by atoms with Crippen LogP contribution in [-0.2, 0) is 11.2 Å². The van der Waals surface area contributed by atoms with E-state index in [1.54, 1.807) is 12.1 Å². The molecule has 2 aromatic rings. The molecular weight excluding hydrogens is 216 g/mol. The van der Waals surface area contributed by atoms with Crippen molar-refractivity contribution in [2.24, 2.45) is 0 Å². The summed E-state index contributed by atoms with van der Waals surface area (Å²) in [6.45, 7) is 0. The Morgan fingerprint density at radius 1 is 1.00 bits per heavy atom. The molecule has 0 unspecified atom stereocenters. The highest BCUT2D eigenvalue weighted by atomic mass is 16.4. The van der Waals surface area contributed by atoms with Crippen LogP contribution >= 0.6 is 0 Å². The van der Waals surface area contributed by atoms with E-state index in [9.17, 15) is 9.90 Å². The Morgan fingerprint density at radius 2 is 1.71 bits per heavy atom. The van der Waals surface area contributed by atoms with E-state index in [0.717, 1.165) is 11.1 Å². The maximum atomic E-state index is 10.6. The maximum Gasteiger partial charge on any atom is 0.307 e. The Bertz CT molecular complexity index is 532. The average Bonchev–Trinajstić information content (AvgIpc) is 2.28. The van der Waals surface area contributed by atoms with Gasteiger partial charge in [-0.15, -0.1) is 0 Å². The molecule has 0 spiro atoms. The minimum Gasteiger partial charge on any atom is -0.508 e. The third-order valence-corrected chi connectivity index (χ3v) is 2.44. The van der Waals surface area contributed by atoms with E-state index in [0.29, 0.717) is 5.56 Å². The van der Waals surface area contributed by atoms with Gasteiger partial charge in [-0.05, 0) is 28.8 Å². The Hall–Kier alpha value is -2.29. The van der Waals surface area contributed by atoms with Crippen LogP contribution in [0.5, 0.6) is 5.75 Å². The lowest BCUT2D eigenvalue weighted by atomic mass is 10.0. The van der Waals surface area contributed by atoms with Gasteiger partial charge in [0.2, 0.25) is 0 Å². The summed E-state index contributed by atoms with van der Waals surface area (Å²) in [5.41, 5.74) is 2.37. The van der Waals surface area contributed by atoms with E-state index in [4.69, 9.17) is 5.11 Å². The first-order valence-electron chi connectivity index (χ1n) is 5.25. The Balaban J connectivity index is 2.42. The predicted molar refractivity (Wildman–Crippen MR) is 64.9 cm³/mol. The number of hydrogen-bond donors (Lipinski definition) is 2. The van der Waals surface area contributed by atoms with Gasteiger partial charge in [0.1, 0.15) is 5.75 Å². The standard InChI is InChI=1S/C14H12O3/c15-13-7-10(8-14(16)17)6-12(9-13)11-4-2-1-3-5-11/h1-7,9,15H,8H2,(H,16,17). The van der Waals surface area contributed by atoms with Gasteiger partial charge in [0.15, 0.2) is 0 Å². The topological polar surface area (TPSA) is 57.5 Å². The number of phenolic OH excluding ortho intramolecular Hbond substituents is 1. The first kappa shape index (κ1) is 11.2. The highest BCUT2D eigenvalue weighted by Crippen LogP contribution is 2.25. The van der Waals surface area contributed by atoms with Crippen LogP contribution in [0.25, 0.3) is 11.1 Å². The second-order valence-corrected chi connectivity index (χ2v) is 3.82. The summed E-state index contributed by atoms with van der Waals surface area (Å²) in [4.78, 5) is 10.6. The van der Waals surface area contributed by atoms with Crippen molar-refractivity contribution >= 4 is 5.97 Å². The molecule has 0 radical (unpaired) electrons. The van der Waals surface area contributed by atoms with Crippen LogP contribution in [0.1, 0.15) is 5.56 Å². The van der Waals surface area contributed by atoms with E-state index >= 15 is 0 Å². The number of carboxylic acids is 1. The zero-order valence-corrected chi connectivity index (χ0v) is 9.13. The first-order chi connectivity index (χ1) is 8.15. The van der Waals surface area contributed by atoms with E-state index in [1.165, 1.54) is 6.07 Å². The zero-order chi connectivity index (χ0) is 12.3. The van der Waals surface area contributed by atoms with Gasteiger partial charge < -0.3 is 10.2 Å². The summed E-state index contributed by atoms with van der Waals surface area (Å²) in [5.74, 6) is -0.822. The summed E-state index contributed by atoms with van der Waals surface area (Å²) in [7, 11) is 0. The van der Waals surface area contributed by atoms with Crippen LogP contribution in [0.2, 0.25) is 0 Å². The molecule has 0 amide bonds. The normalized spacial score (nSPS) is 10.1. The molecule has 0 fully saturated rings. The number of rotatable bonds is 3. The van der Waals surface area contributed by atoms with Crippen molar-refractivity contribution in [1.29, 1.82) is 0 Å². The molecule has 3 nitrogen and oxygen atoms in total. The number of hydrogen-bond acceptors (Lipinski definition) is 2. The molecule has 0 aromatic heterocycles. The zero-order valence-electron chi connectivity index (χ0n) is 9.13. The molecule has 0 heterocycles. The van der Waals surface area contributed by atoms with Gasteiger partial charge in [-0.3, -0.25) is 4.79 Å². The van der Waals surface area contributed by atoms with Gasteiger partial charge in [0, 0.05) is 0 Å². The minimum absolute atomic E-state index is 0.0857. The van der Waals surface area contributed by atoms with Gasteiger partial charge in [0.25, 0.3) is 0 Å². The molecule has 17 heavy (non-hydrogen) atoms. The number of aromatic hydroxyl groups is 1. The largest absolute Gasteiger partial charge is 0.508 e. The second kappa shape index (κ2) is 4.70. The van der Waals surface area contributed by atoms with Crippen LogP contribution in [0.15, 0.2) is 48.5 Å². The third kappa shape index (κ3) is 2.84. The minimum atomic E-state index is -0.908. The van der Waals surface area contributed by atoms with Crippen molar-refractivity contribution in [3.63, 3.8) is 0 Å². The molecule has 2 N–H and O–H groups in total. The Kier molecular flexibility index (Phi) is 3.10. The quantitative estimate of drug-likeness (QED) is 0.849. The summed E-state index contributed by atoms with van der Waals surface area (Å²) < 4.78 is 0. The van der Waals surface area contributed by atoms with Crippen molar-refractivity contribution in [2.45, 2.75) is 6.42 Å². The number of aliphatic carboxylic acids is 1. The fourth-order valence-electron chi connectivity index (χ4n) is 1.75. The van der Waals surface area contributed by atoms with Crippen LogP contribution < -0.4 is 0 Å². The summed E-state index contributed by atoms with van der Waals surface area (Å²) in [6, 6.07) is 14.4. The lowest BCUT2D eigenvalue weighted by molar-refractivity contribution is -0.136. The molecule has 0 aliphatic carbocycles. The van der Waals surface area contributed by atoms with E-state index < -0.39 is 5.97 Å². The SMILES string of the molecule is O=C(O)Cc1cc(O)cc(-c2ccccc2)c1. The molecule has 0 atom stereocenters. The summed E-state index contributed by atoms with van der Waals surface area (Å²) in [6.07, 6.45) is -0.0891.